The molecule has 0 aromatic heterocycles. The highest BCUT2D eigenvalue weighted by molar-refractivity contribution is 5.72. The smallest absolute Gasteiger partial charge is 0.344 e. The highest BCUT2D eigenvalue weighted by atomic mass is 16.5. The van der Waals surface area contributed by atoms with Gasteiger partial charge in [-0.3, -0.25) is 0 Å². The molecular formula is C13H22O3. The summed E-state index contributed by atoms with van der Waals surface area (Å²) in [7, 11) is 0. The van der Waals surface area contributed by atoms with E-state index >= 15 is 0 Å². The number of allylic oxidation sites excluding steroid dienone is 4. The second kappa shape index (κ2) is 11.6. The number of carboxylic acid groups (broad SMARTS) is 1. The van der Waals surface area contributed by atoms with Crippen LogP contribution in [0.5, 0.6) is 0 Å². The molecule has 0 aliphatic heterocycles. The molecule has 0 aliphatic carbocycles. The fourth-order valence-corrected chi connectivity index (χ4v) is 0.839. The van der Waals surface area contributed by atoms with Crippen LogP contribution in [0, 0.1) is 0 Å². The van der Waals surface area contributed by atoms with Crippen molar-refractivity contribution < 1.29 is 14.6 Å². The Morgan fingerprint density at radius 3 is 2.38 bits per heavy atom. The number of hydrogen-bond donors (Lipinski definition) is 1. The van der Waals surface area contributed by atoms with Crippen LogP contribution in [-0.2, 0) is 9.53 Å². The largest absolute Gasteiger partial charge is 0.479 e. The predicted molar refractivity (Wildman–Crippen MR) is 67.2 cm³/mol. The van der Waals surface area contributed by atoms with E-state index in [-0.39, 0.29) is 0 Å². The molecule has 1 unspecified atom stereocenters. The van der Waals surface area contributed by atoms with E-state index < -0.39 is 12.1 Å². The van der Waals surface area contributed by atoms with E-state index in [1.165, 1.54) is 0 Å². The minimum atomic E-state index is -0.946. The minimum absolute atomic E-state index is 0.439. The third kappa shape index (κ3) is 7.85. The van der Waals surface area contributed by atoms with Crippen LogP contribution in [0.15, 0.2) is 36.6 Å². The molecule has 1 atom stereocenters. The summed E-state index contributed by atoms with van der Waals surface area (Å²) in [5.74, 6) is -0.405. The van der Waals surface area contributed by atoms with Gasteiger partial charge < -0.3 is 9.84 Å². The monoisotopic (exact) mass is 226 g/mol. The first kappa shape index (κ1) is 16.9. The molecule has 0 amide bonds. The number of hydrogen-bond acceptors (Lipinski definition) is 2. The molecule has 0 rings (SSSR count). The van der Waals surface area contributed by atoms with Crippen molar-refractivity contribution in [1.82, 2.24) is 0 Å². The second-order valence-corrected chi connectivity index (χ2v) is 2.64. The van der Waals surface area contributed by atoms with Gasteiger partial charge in [0.25, 0.3) is 0 Å². The van der Waals surface area contributed by atoms with Gasteiger partial charge in [0.15, 0.2) is 6.10 Å². The molecule has 0 saturated heterocycles. The molecular weight excluding hydrogens is 204 g/mol. The molecule has 0 aromatic carbocycles. The topological polar surface area (TPSA) is 46.5 Å². The summed E-state index contributed by atoms with van der Waals surface area (Å²) in [6.45, 7) is 11.1. The van der Waals surface area contributed by atoms with E-state index in [0.29, 0.717) is 12.2 Å². The van der Waals surface area contributed by atoms with Crippen LogP contribution < -0.4 is 0 Å². The maximum Gasteiger partial charge on any atom is 0.344 e. The molecule has 0 radical (unpaired) electrons. The van der Waals surface area contributed by atoms with Crippen molar-refractivity contribution in [3.8, 4) is 0 Å². The van der Waals surface area contributed by atoms with Gasteiger partial charge in [-0.2, -0.15) is 0 Å². The zero-order valence-corrected chi connectivity index (χ0v) is 10.6. The van der Waals surface area contributed by atoms with Crippen LogP contribution in [0.3, 0.4) is 0 Å². The molecule has 16 heavy (non-hydrogen) atoms. The summed E-state index contributed by atoms with van der Waals surface area (Å²) in [6.07, 6.45) is 6.35. The van der Waals surface area contributed by atoms with E-state index in [1.54, 1.807) is 38.2 Å². The van der Waals surface area contributed by atoms with Crippen LogP contribution in [0.1, 0.15) is 34.1 Å². The van der Waals surface area contributed by atoms with Crippen molar-refractivity contribution in [1.29, 1.82) is 0 Å². The Morgan fingerprint density at radius 2 is 2.06 bits per heavy atom. The first-order valence-corrected chi connectivity index (χ1v) is 5.50. The summed E-state index contributed by atoms with van der Waals surface area (Å²) in [5, 5.41) is 8.75. The van der Waals surface area contributed by atoms with Crippen LogP contribution in [0.25, 0.3) is 0 Å². The Hall–Kier alpha value is -1.51. The van der Waals surface area contributed by atoms with Crippen molar-refractivity contribution in [2.45, 2.75) is 40.2 Å². The third-order valence-electron chi connectivity index (χ3n) is 1.61. The van der Waals surface area contributed by atoms with E-state index in [0.717, 1.165) is 0 Å². The van der Waals surface area contributed by atoms with Gasteiger partial charge in [0.1, 0.15) is 5.76 Å². The van der Waals surface area contributed by atoms with Crippen LogP contribution in [-0.4, -0.2) is 17.2 Å². The van der Waals surface area contributed by atoms with Crippen LogP contribution >= 0.6 is 0 Å². The number of carboxylic acids is 1. The third-order valence-corrected chi connectivity index (χ3v) is 1.61. The van der Waals surface area contributed by atoms with Gasteiger partial charge in [0.05, 0.1) is 0 Å². The molecule has 92 valence electrons. The molecule has 0 aromatic rings. The molecule has 0 bridgehead atoms. The van der Waals surface area contributed by atoms with Gasteiger partial charge >= 0.3 is 5.97 Å². The maximum atomic E-state index is 10.7. The second-order valence-electron chi connectivity index (χ2n) is 2.64. The quantitative estimate of drug-likeness (QED) is 0.556. The van der Waals surface area contributed by atoms with Crippen molar-refractivity contribution in [3.05, 3.63) is 36.6 Å². The van der Waals surface area contributed by atoms with Crippen LogP contribution in [0.4, 0.5) is 0 Å². The maximum absolute atomic E-state index is 10.7. The van der Waals surface area contributed by atoms with Gasteiger partial charge in [-0.15, -0.1) is 0 Å². The number of ether oxygens (including phenoxy) is 1. The molecule has 3 heteroatoms. The number of rotatable bonds is 6. The lowest BCUT2D eigenvalue weighted by atomic mass is 10.3. The predicted octanol–water partition coefficient (Wildman–Crippen LogP) is 3.54. The molecule has 0 spiro atoms. The van der Waals surface area contributed by atoms with Gasteiger partial charge in [-0.05, 0) is 25.5 Å². The molecule has 0 saturated carbocycles. The van der Waals surface area contributed by atoms with Crippen molar-refractivity contribution in [3.63, 3.8) is 0 Å². The highest BCUT2D eigenvalue weighted by Gasteiger charge is 2.16. The minimum Gasteiger partial charge on any atom is -0.479 e. The van der Waals surface area contributed by atoms with E-state index in [4.69, 9.17) is 9.84 Å². The summed E-state index contributed by atoms with van der Waals surface area (Å²) in [6, 6.07) is 0. The van der Waals surface area contributed by atoms with Crippen LogP contribution in [0.2, 0.25) is 0 Å². The molecule has 0 aliphatic rings. The van der Waals surface area contributed by atoms with Gasteiger partial charge in [0.2, 0.25) is 0 Å². The summed E-state index contributed by atoms with van der Waals surface area (Å²) >= 11 is 0. The van der Waals surface area contributed by atoms with Gasteiger partial charge in [-0.1, -0.05) is 39.5 Å². The van der Waals surface area contributed by atoms with E-state index in [1.807, 2.05) is 13.8 Å². The first-order valence-electron chi connectivity index (χ1n) is 5.50. The van der Waals surface area contributed by atoms with E-state index in [2.05, 4.69) is 6.58 Å². The number of aliphatic carboxylic acids is 1. The lowest BCUT2D eigenvalue weighted by Gasteiger charge is -2.13. The van der Waals surface area contributed by atoms with Gasteiger partial charge in [-0.25, -0.2) is 4.79 Å². The Bertz CT molecular complexity index is 252. The lowest BCUT2D eigenvalue weighted by Crippen LogP contribution is -2.22. The zero-order valence-electron chi connectivity index (χ0n) is 10.6. The average Bonchev–Trinajstić information content (AvgIpc) is 2.31. The van der Waals surface area contributed by atoms with E-state index in [9.17, 15) is 4.79 Å². The SMILES string of the molecule is C=C/C=C\C(=C/C)OC(CC)C(=O)O.CC. The summed E-state index contributed by atoms with van der Waals surface area (Å²) in [4.78, 5) is 10.7. The summed E-state index contributed by atoms with van der Waals surface area (Å²) < 4.78 is 5.24. The number of carbonyl (C=O) groups is 1. The fourth-order valence-electron chi connectivity index (χ4n) is 0.839. The normalized spacial score (nSPS) is 12.6. The first-order chi connectivity index (χ1) is 7.65. The standard InChI is InChI=1S/C11H16O3.C2H6/c1-4-7-8-9(5-2)14-10(6-3)11(12)13;1-2/h4-5,7-8,10H,1,6H2,2-3H3,(H,12,13);1-2H3/b8-7-,9-5+;. The Balaban J connectivity index is 0. The molecule has 0 fully saturated rings. The molecule has 1 N–H and O–H groups in total. The van der Waals surface area contributed by atoms with Crippen molar-refractivity contribution in [2.24, 2.45) is 0 Å². The lowest BCUT2D eigenvalue weighted by molar-refractivity contribution is -0.147. The van der Waals surface area contributed by atoms with Crippen molar-refractivity contribution in [2.75, 3.05) is 0 Å². The Labute approximate surface area is 98.1 Å². The Kier molecular flexibility index (Phi) is 12.2. The molecule has 3 nitrogen and oxygen atoms in total. The fraction of sp³-hybridized carbons (Fsp3) is 0.462. The van der Waals surface area contributed by atoms with Crippen molar-refractivity contribution >= 4 is 5.97 Å². The average molecular weight is 226 g/mol. The highest BCUT2D eigenvalue weighted by Crippen LogP contribution is 2.08. The van der Waals surface area contributed by atoms with Gasteiger partial charge in [0, 0.05) is 0 Å². The summed E-state index contributed by atoms with van der Waals surface area (Å²) in [5.41, 5.74) is 0. The zero-order chi connectivity index (χ0) is 13.0. The Morgan fingerprint density at radius 1 is 1.50 bits per heavy atom. The molecule has 0 heterocycles.